The zero-order valence-corrected chi connectivity index (χ0v) is 12.7. The summed E-state index contributed by atoms with van der Waals surface area (Å²) in [5, 5.41) is 0. The molecule has 0 unspecified atom stereocenters. The fourth-order valence-electron chi connectivity index (χ4n) is 1.94. The lowest BCUT2D eigenvalue weighted by molar-refractivity contribution is 0.0725. The highest BCUT2D eigenvalue weighted by Crippen LogP contribution is 2.16. The normalized spacial score (nSPS) is 11.2. The summed E-state index contributed by atoms with van der Waals surface area (Å²) in [4.78, 5) is 16.3. The van der Waals surface area contributed by atoms with Crippen molar-refractivity contribution in [3.63, 3.8) is 0 Å². The fraction of sp³-hybridized carbons (Fsp3) is 0.533. The van der Waals surface area contributed by atoms with E-state index in [0.29, 0.717) is 24.6 Å². The number of hydrogen-bond acceptors (Lipinski definition) is 3. The Morgan fingerprint density at radius 3 is 2.45 bits per heavy atom. The molecule has 1 aromatic rings. The topological polar surface area (TPSA) is 49.6 Å². The average Bonchev–Trinajstić information content (AvgIpc) is 2.33. The average molecular weight is 281 g/mol. The van der Waals surface area contributed by atoms with E-state index in [-0.39, 0.29) is 11.6 Å². The molecule has 2 N–H and O–H groups in total. The van der Waals surface area contributed by atoms with Crippen LogP contribution in [-0.4, -0.2) is 49.4 Å². The second-order valence-corrected chi connectivity index (χ2v) is 5.68. The number of nitrogens with two attached hydrogens (primary N) is 1. The summed E-state index contributed by atoms with van der Waals surface area (Å²) >= 11 is 0. The van der Waals surface area contributed by atoms with Crippen LogP contribution in [0.15, 0.2) is 18.2 Å². The quantitative estimate of drug-likeness (QED) is 0.812. The fourth-order valence-corrected chi connectivity index (χ4v) is 1.94. The SMILES string of the molecule is CC(C)CN(CCN(C)C)C(=O)c1ccc(F)cc1N. The van der Waals surface area contributed by atoms with E-state index in [9.17, 15) is 9.18 Å². The van der Waals surface area contributed by atoms with Gasteiger partial charge in [0.05, 0.1) is 5.56 Å². The molecule has 0 atom stereocenters. The molecule has 0 heterocycles. The van der Waals surface area contributed by atoms with Gasteiger partial charge in [0.15, 0.2) is 0 Å². The van der Waals surface area contributed by atoms with Gasteiger partial charge in [-0.05, 0) is 38.2 Å². The maximum absolute atomic E-state index is 13.1. The van der Waals surface area contributed by atoms with Crippen molar-refractivity contribution in [3.05, 3.63) is 29.6 Å². The molecule has 0 aliphatic heterocycles. The van der Waals surface area contributed by atoms with Crippen molar-refractivity contribution in [1.82, 2.24) is 9.80 Å². The molecule has 0 radical (unpaired) electrons. The minimum Gasteiger partial charge on any atom is -0.398 e. The van der Waals surface area contributed by atoms with Crippen molar-refractivity contribution in [2.75, 3.05) is 39.5 Å². The summed E-state index contributed by atoms with van der Waals surface area (Å²) in [5.74, 6) is -0.205. The largest absolute Gasteiger partial charge is 0.398 e. The Labute approximate surface area is 120 Å². The number of carbonyl (C=O) groups is 1. The summed E-state index contributed by atoms with van der Waals surface area (Å²) < 4.78 is 13.1. The number of hydrogen-bond donors (Lipinski definition) is 1. The monoisotopic (exact) mass is 281 g/mol. The molecular weight excluding hydrogens is 257 g/mol. The first-order chi connectivity index (χ1) is 9.31. The lowest BCUT2D eigenvalue weighted by atomic mass is 10.1. The Morgan fingerprint density at radius 1 is 1.30 bits per heavy atom. The Balaban J connectivity index is 2.90. The van der Waals surface area contributed by atoms with Crippen molar-refractivity contribution in [1.29, 1.82) is 0 Å². The Kier molecular flexibility index (Phi) is 5.95. The highest BCUT2D eigenvalue weighted by atomic mass is 19.1. The molecule has 1 rings (SSSR count). The summed E-state index contributed by atoms with van der Waals surface area (Å²) in [6, 6.07) is 3.91. The van der Waals surface area contributed by atoms with Crippen molar-refractivity contribution in [2.24, 2.45) is 5.92 Å². The molecule has 1 amide bonds. The molecule has 4 nitrogen and oxygen atoms in total. The van der Waals surface area contributed by atoms with Gasteiger partial charge in [-0.3, -0.25) is 4.79 Å². The highest BCUT2D eigenvalue weighted by Gasteiger charge is 2.19. The molecule has 0 spiro atoms. The van der Waals surface area contributed by atoms with Gasteiger partial charge in [0, 0.05) is 25.3 Å². The first kappa shape index (κ1) is 16.4. The first-order valence-corrected chi connectivity index (χ1v) is 6.80. The highest BCUT2D eigenvalue weighted by molar-refractivity contribution is 5.99. The zero-order chi connectivity index (χ0) is 15.3. The minimum atomic E-state index is -0.428. The standard InChI is InChI=1S/C15H24FN3O/c1-11(2)10-19(8-7-18(3)4)15(20)13-6-5-12(16)9-14(13)17/h5-6,9,11H,7-8,10,17H2,1-4H3. The van der Waals surface area contributed by atoms with Crippen molar-refractivity contribution < 1.29 is 9.18 Å². The van der Waals surface area contributed by atoms with Gasteiger partial charge in [-0.2, -0.15) is 0 Å². The number of halogens is 1. The lowest BCUT2D eigenvalue weighted by Crippen LogP contribution is -2.39. The molecule has 20 heavy (non-hydrogen) atoms. The second kappa shape index (κ2) is 7.24. The number of benzene rings is 1. The van der Waals surface area contributed by atoms with Crippen LogP contribution in [-0.2, 0) is 0 Å². The van der Waals surface area contributed by atoms with Gasteiger partial charge in [-0.15, -0.1) is 0 Å². The van der Waals surface area contributed by atoms with E-state index in [2.05, 4.69) is 13.8 Å². The van der Waals surface area contributed by atoms with Crippen LogP contribution < -0.4 is 5.73 Å². The van der Waals surface area contributed by atoms with Crippen molar-refractivity contribution in [3.8, 4) is 0 Å². The number of anilines is 1. The molecule has 5 heteroatoms. The molecule has 0 aliphatic rings. The third kappa shape index (κ3) is 4.81. The molecular formula is C15H24FN3O. The third-order valence-electron chi connectivity index (χ3n) is 2.93. The molecule has 1 aromatic carbocycles. The summed E-state index contributed by atoms with van der Waals surface area (Å²) in [5.41, 5.74) is 6.30. The van der Waals surface area contributed by atoms with E-state index in [1.54, 1.807) is 4.90 Å². The summed E-state index contributed by atoms with van der Waals surface area (Å²) in [6.07, 6.45) is 0. The maximum atomic E-state index is 13.1. The smallest absolute Gasteiger partial charge is 0.255 e. The number of nitrogen functional groups attached to an aromatic ring is 1. The van der Waals surface area contributed by atoms with Crippen LogP contribution in [0.3, 0.4) is 0 Å². The number of rotatable bonds is 6. The van der Waals surface area contributed by atoms with Gasteiger partial charge in [-0.1, -0.05) is 13.8 Å². The van der Waals surface area contributed by atoms with Crippen LogP contribution in [0.25, 0.3) is 0 Å². The Bertz CT molecular complexity index is 460. The van der Waals surface area contributed by atoms with E-state index < -0.39 is 5.82 Å². The molecule has 0 aliphatic carbocycles. The summed E-state index contributed by atoms with van der Waals surface area (Å²) in [6.45, 7) is 6.18. The number of amides is 1. The van der Waals surface area contributed by atoms with Crippen LogP contribution >= 0.6 is 0 Å². The number of carbonyl (C=O) groups excluding carboxylic acids is 1. The van der Waals surface area contributed by atoms with Crippen LogP contribution in [0.4, 0.5) is 10.1 Å². The zero-order valence-electron chi connectivity index (χ0n) is 12.7. The van der Waals surface area contributed by atoms with Crippen molar-refractivity contribution in [2.45, 2.75) is 13.8 Å². The molecule has 112 valence electrons. The minimum absolute atomic E-state index is 0.141. The first-order valence-electron chi connectivity index (χ1n) is 6.80. The predicted octanol–water partition coefficient (Wildman–Crippen LogP) is 2.07. The molecule has 0 bridgehead atoms. The Morgan fingerprint density at radius 2 is 1.95 bits per heavy atom. The van der Waals surface area contributed by atoms with Gasteiger partial charge in [-0.25, -0.2) is 4.39 Å². The van der Waals surface area contributed by atoms with Crippen LogP contribution in [0.1, 0.15) is 24.2 Å². The maximum Gasteiger partial charge on any atom is 0.255 e. The third-order valence-corrected chi connectivity index (χ3v) is 2.93. The second-order valence-electron chi connectivity index (χ2n) is 5.68. The number of likely N-dealkylation sites (N-methyl/N-ethyl adjacent to an activating group) is 1. The van der Waals surface area contributed by atoms with Gasteiger partial charge < -0.3 is 15.5 Å². The predicted molar refractivity (Wildman–Crippen MR) is 80.1 cm³/mol. The molecule has 0 saturated heterocycles. The molecule has 0 fully saturated rings. The summed E-state index contributed by atoms with van der Waals surface area (Å²) in [7, 11) is 3.93. The van der Waals surface area contributed by atoms with Gasteiger partial charge in [0.1, 0.15) is 5.82 Å². The van der Waals surface area contributed by atoms with E-state index in [1.165, 1.54) is 18.2 Å². The van der Waals surface area contributed by atoms with Gasteiger partial charge >= 0.3 is 0 Å². The number of nitrogens with zero attached hydrogens (tertiary/aromatic N) is 2. The van der Waals surface area contributed by atoms with Crippen LogP contribution in [0, 0.1) is 11.7 Å². The van der Waals surface area contributed by atoms with Gasteiger partial charge in [0.25, 0.3) is 5.91 Å². The molecule has 0 saturated carbocycles. The van der Waals surface area contributed by atoms with Crippen molar-refractivity contribution >= 4 is 11.6 Å². The lowest BCUT2D eigenvalue weighted by Gasteiger charge is -2.26. The molecule has 0 aromatic heterocycles. The van der Waals surface area contributed by atoms with E-state index in [4.69, 9.17) is 5.73 Å². The Hall–Kier alpha value is -1.62. The van der Waals surface area contributed by atoms with E-state index >= 15 is 0 Å². The van der Waals surface area contributed by atoms with E-state index in [0.717, 1.165) is 6.54 Å². The van der Waals surface area contributed by atoms with E-state index in [1.807, 2.05) is 19.0 Å². The van der Waals surface area contributed by atoms with Crippen LogP contribution in [0.2, 0.25) is 0 Å². The van der Waals surface area contributed by atoms with Crippen LogP contribution in [0.5, 0.6) is 0 Å². The van der Waals surface area contributed by atoms with Gasteiger partial charge in [0.2, 0.25) is 0 Å².